The van der Waals surface area contributed by atoms with E-state index < -0.39 is 11.4 Å². The van der Waals surface area contributed by atoms with E-state index in [4.69, 9.17) is 10.5 Å². The summed E-state index contributed by atoms with van der Waals surface area (Å²) in [5.41, 5.74) is 5.10. The van der Waals surface area contributed by atoms with Crippen LogP contribution in [0.25, 0.3) is 0 Å². The smallest absolute Gasteiger partial charge is 0.165 e. The maximum Gasteiger partial charge on any atom is 0.165 e. The van der Waals surface area contributed by atoms with Gasteiger partial charge in [-0.05, 0) is 31.5 Å². The van der Waals surface area contributed by atoms with Crippen molar-refractivity contribution in [1.82, 2.24) is 0 Å². The van der Waals surface area contributed by atoms with Crippen LogP contribution in [0.1, 0.15) is 19.4 Å². The number of aliphatic hydroxyl groups is 1. The highest BCUT2D eigenvalue weighted by atomic mass is 19.1. The second kappa shape index (κ2) is 4.59. The fourth-order valence-electron chi connectivity index (χ4n) is 1.04. The Hall–Kier alpha value is -1.13. The third kappa shape index (κ3) is 3.85. The van der Waals surface area contributed by atoms with Crippen molar-refractivity contribution in [2.24, 2.45) is 5.73 Å². The van der Waals surface area contributed by atoms with E-state index >= 15 is 0 Å². The zero-order valence-corrected chi connectivity index (χ0v) is 8.96. The summed E-state index contributed by atoms with van der Waals surface area (Å²) in [6, 6.07) is 4.55. The third-order valence-corrected chi connectivity index (χ3v) is 1.81. The molecule has 0 aliphatic heterocycles. The molecule has 15 heavy (non-hydrogen) atoms. The number of halogens is 1. The first-order chi connectivity index (χ1) is 6.92. The maximum atomic E-state index is 13.4. The minimum absolute atomic E-state index is 0.0475. The standard InChI is InChI=1S/C11H16FNO2/c1-11(2,14)7-15-10-4-3-8(6-13)5-9(10)12/h3-5,14H,6-7,13H2,1-2H3. The van der Waals surface area contributed by atoms with Crippen molar-refractivity contribution in [3.63, 3.8) is 0 Å². The Balaban J connectivity index is 2.70. The van der Waals surface area contributed by atoms with Gasteiger partial charge in [-0.1, -0.05) is 6.07 Å². The van der Waals surface area contributed by atoms with E-state index in [1.165, 1.54) is 12.1 Å². The largest absolute Gasteiger partial charge is 0.488 e. The average Bonchev–Trinajstić information content (AvgIpc) is 2.14. The highest BCUT2D eigenvalue weighted by molar-refractivity contribution is 5.29. The molecule has 3 N–H and O–H groups in total. The lowest BCUT2D eigenvalue weighted by Crippen LogP contribution is -2.28. The molecular formula is C11H16FNO2. The maximum absolute atomic E-state index is 13.4. The second-order valence-corrected chi connectivity index (χ2v) is 4.07. The van der Waals surface area contributed by atoms with E-state index in [0.717, 1.165) is 0 Å². The molecule has 4 heteroatoms. The van der Waals surface area contributed by atoms with Crippen LogP contribution in [0.3, 0.4) is 0 Å². The van der Waals surface area contributed by atoms with Crippen molar-refractivity contribution in [3.05, 3.63) is 29.6 Å². The molecule has 0 radical (unpaired) electrons. The lowest BCUT2D eigenvalue weighted by atomic mass is 10.1. The van der Waals surface area contributed by atoms with E-state index in [0.29, 0.717) is 12.1 Å². The van der Waals surface area contributed by atoms with Gasteiger partial charge in [-0.15, -0.1) is 0 Å². The van der Waals surface area contributed by atoms with Gasteiger partial charge < -0.3 is 15.6 Å². The molecular weight excluding hydrogens is 197 g/mol. The molecule has 0 heterocycles. The van der Waals surface area contributed by atoms with Crippen LogP contribution in [0.2, 0.25) is 0 Å². The summed E-state index contributed by atoms with van der Waals surface area (Å²) < 4.78 is 18.5. The molecule has 0 saturated heterocycles. The van der Waals surface area contributed by atoms with Gasteiger partial charge >= 0.3 is 0 Å². The van der Waals surface area contributed by atoms with E-state index in [2.05, 4.69) is 0 Å². The summed E-state index contributed by atoms with van der Waals surface area (Å²) in [6.45, 7) is 3.53. The molecule has 0 spiro atoms. The summed E-state index contributed by atoms with van der Waals surface area (Å²) >= 11 is 0. The fraction of sp³-hybridized carbons (Fsp3) is 0.455. The predicted octanol–water partition coefficient (Wildman–Crippen LogP) is 1.43. The lowest BCUT2D eigenvalue weighted by molar-refractivity contribution is 0.0272. The summed E-state index contributed by atoms with van der Waals surface area (Å²) in [4.78, 5) is 0. The molecule has 1 aromatic rings. The molecule has 3 nitrogen and oxygen atoms in total. The molecule has 0 bridgehead atoms. The number of rotatable bonds is 4. The van der Waals surface area contributed by atoms with E-state index in [9.17, 15) is 9.50 Å². The molecule has 0 amide bonds. The first-order valence-electron chi connectivity index (χ1n) is 4.76. The average molecular weight is 213 g/mol. The molecule has 0 aromatic heterocycles. The van der Waals surface area contributed by atoms with Gasteiger partial charge in [0.1, 0.15) is 6.61 Å². The first-order valence-corrected chi connectivity index (χ1v) is 4.76. The van der Waals surface area contributed by atoms with Crippen LogP contribution in [0, 0.1) is 5.82 Å². The zero-order chi connectivity index (χ0) is 11.5. The summed E-state index contributed by atoms with van der Waals surface area (Å²) in [5, 5.41) is 9.40. The quantitative estimate of drug-likeness (QED) is 0.795. The lowest BCUT2D eigenvalue weighted by Gasteiger charge is -2.18. The van der Waals surface area contributed by atoms with Crippen LogP contribution in [0.15, 0.2) is 18.2 Å². The topological polar surface area (TPSA) is 55.5 Å². The van der Waals surface area contributed by atoms with E-state index in [1.54, 1.807) is 19.9 Å². The van der Waals surface area contributed by atoms with Gasteiger partial charge in [0.25, 0.3) is 0 Å². The molecule has 0 saturated carbocycles. The van der Waals surface area contributed by atoms with Gasteiger partial charge in [-0.3, -0.25) is 0 Å². The van der Waals surface area contributed by atoms with Crippen LogP contribution in [0.4, 0.5) is 4.39 Å². The van der Waals surface area contributed by atoms with Gasteiger partial charge in [0.15, 0.2) is 11.6 Å². The van der Waals surface area contributed by atoms with Gasteiger partial charge in [0.05, 0.1) is 5.60 Å². The molecule has 1 rings (SSSR count). The Morgan fingerprint density at radius 1 is 1.47 bits per heavy atom. The molecule has 1 aromatic carbocycles. The molecule has 0 fully saturated rings. The van der Waals surface area contributed by atoms with Crippen molar-refractivity contribution in [2.45, 2.75) is 26.0 Å². The van der Waals surface area contributed by atoms with Crippen LogP contribution in [-0.2, 0) is 6.54 Å². The predicted molar refractivity (Wildman–Crippen MR) is 56.1 cm³/mol. The Labute approximate surface area is 88.7 Å². The van der Waals surface area contributed by atoms with Crippen molar-refractivity contribution in [2.75, 3.05) is 6.61 Å². The Kier molecular flexibility index (Phi) is 3.66. The molecule has 0 atom stereocenters. The van der Waals surface area contributed by atoms with E-state index in [1.807, 2.05) is 0 Å². The minimum atomic E-state index is -0.973. The zero-order valence-electron chi connectivity index (χ0n) is 8.96. The van der Waals surface area contributed by atoms with Crippen LogP contribution >= 0.6 is 0 Å². The first kappa shape index (κ1) is 11.9. The van der Waals surface area contributed by atoms with Crippen molar-refractivity contribution in [1.29, 1.82) is 0 Å². The Bertz CT molecular complexity index is 334. The fourth-order valence-corrected chi connectivity index (χ4v) is 1.04. The summed E-state index contributed by atoms with van der Waals surface area (Å²) in [5.74, 6) is -0.323. The second-order valence-electron chi connectivity index (χ2n) is 4.07. The number of benzene rings is 1. The monoisotopic (exact) mass is 213 g/mol. The Morgan fingerprint density at radius 2 is 2.13 bits per heavy atom. The van der Waals surface area contributed by atoms with Crippen molar-refractivity contribution < 1.29 is 14.2 Å². The number of nitrogens with two attached hydrogens (primary N) is 1. The SMILES string of the molecule is CC(C)(O)COc1ccc(CN)cc1F. The van der Waals surface area contributed by atoms with Crippen LogP contribution < -0.4 is 10.5 Å². The molecule has 0 aliphatic rings. The highest BCUT2D eigenvalue weighted by Gasteiger charge is 2.14. The Morgan fingerprint density at radius 3 is 2.60 bits per heavy atom. The molecule has 0 aliphatic carbocycles. The highest BCUT2D eigenvalue weighted by Crippen LogP contribution is 2.19. The number of ether oxygens (including phenoxy) is 1. The van der Waals surface area contributed by atoms with Gasteiger partial charge in [-0.2, -0.15) is 0 Å². The van der Waals surface area contributed by atoms with Gasteiger partial charge in [-0.25, -0.2) is 4.39 Å². The summed E-state index contributed by atoms with van der Waals surface area (Å²) in [6.07, 6.45) is 0. The van der Waals surface area contributed by atoms with Crippen molar-refractivity contribution >= 4 is 0 Å². The van der Waals surface area contributed by atoms with Gasteiger partial charge in [0, 0.05) is 6.54 Å². The summed E-state index contributed by atoms with van der Waals surface area (Å²) in [7, 11) is 0. The molecule has 84 valence electrons. The number of hydrogen-bond donors (Lipinski definition) is 2. The van der Waals surface area contributed by atoms with E-state index in [-0.39, 0.29) is 12.4 Å². The normalized spacial score (nSPS) is 11.5. The van der Waals surface area contributed by atoms with Crippen molar-refractivity contribution in [3.8, 4) is 5.75 Å². The number of hydrogen-bond acceptors (Lipinski definition) is 3. The molecule has 0 unspecified atom stereocenters. The van der Waals surface area contributed by atoms with Gasteiger partial charge in [0.2, 0.25) is 0 Å². The third-order valence-electron chi connectivity index (χ3n) is 1.81. The van der Waals surface area contributed by atoms with Crippen LogP contribution in [0.5, 0.6) is 5.75 Å². The van der Waals surface area contributed by atoms with Crippen LogP contribution in [-0.4, -0.2) is 17.3 Å². The minimum Gasteiger partial charge on any atom is -0.488 e.